The Morgan fingerprint density at radius 2 is 1.55 bits per heavy atom. The Bertz CT molecular complexity index is 1120. The Morgan fingerprint density at radius 3 is 2.06 bits per heavy atom. The van der Waals surface area contributed by atoms with Gasteiger partial charge in [0.25, 0.3) is 5.91 Å². The van der Waals surface area contributed by atoms with Gasteiger partial charge in [-0.15, -0.1) is 0 Å². The summed E-state index contributed by atoms with van der Waals surface area (Å²) in [4.78, 5) is 14.5. The summed E-state index contributed by atoms with van der Waals surface area (Å²) in [6.07, 6.45) is 2.47. The van der Waals surface area contributed by atoms with Crippen LogP contribution in [0.5, 0.6) is 17.2 Å². The zero-order valence-electron chi connectivity index (χ0n) is 19.7. The maximum Gasteiger partial charge on any atom is 0.250 e. The second-order valence-corrected chi connectivity index (χ2v) is 8.25. The van der Waals surface area contributed by atoms with E-state index in [9.17, 15) is 4.79 Å². The third-order valence-corrected chi connectivity index (χ3v) is 6.33. The van der Waals surface area contributed by atoms with Crippen molar-refractivity contribution in [2.24, 2.45) is 5.73 Å². The third-order valence-electron chi connectivity index (χ3n) is 6.33. The van der Waals surface area contributed by atoms with Crippen molar-refractivity contribution in [2.75, 3.05) is 39.3 Å². The first-order valence-corrected chi connectivity index (χ1v) is 11.1. The number of nitrogens with zero attached hydrogens (tertiary/aromatic N) is 2. The van der Waals surface area contributed by atoms with Gasteiger partial charge in [0.2, 0.25) is 5.75 Å². The molecule has 1 aliphatic rings. The van der Waals surface area contributed by atoms with Crippen molar-refractivity contribution in [3.8, 4) is 28.5 Å². The van der Waals surface area contributed by atoms with Gasteiger partial charge in [0.05, 0.1) is 26.9 Å². The largest absolute Gasteiger partial charge is 0.493 e. The SMILES string of the molecule is COc1cc(Cn2c(-c3ccc(N4CCCC4)cc3)cc(C(N)=O)c2C)cc(OC)c1OC. The predicted molar refractivity (Wildman–Crippen MR) is 130 cm³/mol. The summed E-state index contributed by atoms with van der Waals surface area (Å²) in [5.41, 5.74) is 11.2. The number of nitrogens with two attached hydrogens (primary N) is 1. The highest BCUT2D eigenvalue weighted by atomic mass is 16.5. The fourth-order valence-electron chi connectivity index (χ4n) is 4.57. The first-order valence-electron chi connectivity index (χ1n) is 11.1. The van der Waals surface area contributed by atoms with Crippen LogP contribution < -0.4 is 24.8 Å². The molecule has 0 bridgehead atoms. The number of carbonyl (C=O) groups excluding carboxylic acids is 1. The molecule has 2 heterocycles. The number of anilines is 1. The minimum absolute atomic E-state index is 0.439. The lowest BCUT2D eigenvalue weighted by atomic mass is 10.1. The Balaban J connectivity index is 1.75. The van der Waals surface area contributed by atoms with E-state index in [-0.39, 0.29) is 0 Å². The van der Waals surface area contributed by atoms with E-state index < -0.39 is 5.91 Å². The molecule has 3 aromatic rings. The molecule has 174 valence electrons. The molecular formula is C26H31N3O4. The smallest absolute Gasteiger partial charge is 0.250 e. The number of rotatable bonds is 8. The summed E-state index contributed by atoms with van der Waals surface area (Å²) >= 11 is 0. The number of benzene rings is 2. The Labute approximate surface area is 194 Å². The van der Waals surface area contributed by atoms with Gasteiger partial charge in [-0.25, -0.2) is 0 Å². The van der Waals surface area contributed by atoms with Crippen LogP contribution in [0.15, 0.2) is 42.5 Å². The molecule has 0 saturated carbocycles. The summed E-state index contributed by atoms with van der Waals surface area (Å²) < 4.78 is 18.6. The second-order valence-electron chi connectivity index (χ2n) is 8.25. The van der Waals surface area contributed by atoms with Crippen molar-refractivity contribution in [3.05, 3.63) is 59.3 Å². The van der Waals surface area contributed by atoms with Crippen LogP contribution in [-0.4, -0.2) is 44.9 Å². The van der Waals surface area contributed by atoms with Crippen LogP contribution in [0.4, 0.5) is 5.69 Å². The second kappa shape index (κ2) is 9.48. The lowest BCUT2D eigenvalue weighted by Crippen LogP contribution is -2.17. The van der Waals surface area contributed by atoms with E-state index in [0.29, 0.717) is 29.4 Å². The van der Waals surface area contributed by atoms with Crippen LogP contribution in [0.1, 0.15) is 34.5 Å². The van der Waals surface area contributed by atoms with E-state index in [2.05, 4.69) is 33.7 Å². The quantitative estimate of drug-likeness (QED) is 0.557. The molecule has 0 atom stereocenters. The predicted octanol–water partition coefficient (Wildman–Crippen LogP) is 4.24. The first kappa shape index (κ1) is 22.6. The normalized spacial score (nSPS) is 13.3. The lowest BCUT2D eigenvalue weighted by Gasteiger charge is -2.19. The van der Waals surface area contributed by atoms with Crippen molar-refractivity contribution < 1.29 is 19.0 Å². The molecule has 7 nitrogen and oxygen atoms in total. The van der Waals surface area contributed by atoms with Crippen LogP contribution in [0.2, 0.25) is 0 Å². The lowest BCUT2D eigenvalue weighted by molar-refractivity contribution is 0.0999. The fraction of sp³-hybridized carbons (Fsp3) is 0.346. The van der Waals surface area contributed by atoms with Gasteiger partial charge < -0.3 is 29.4 Å². The van der Waals surface area contributed by atoms with E-state index in [4.69, 9.17) is 19.9 Å². The van der Waals surface area contributed by atoms with Crippen LogP contribution >= 0.6 is 0 Å². The molecule has 2 N–H and O–H groups in total. The summed E-state index contributed by atoms with van der Waals surface area (Å²) in [5, 5.41) is 0. The number of ether oxygens (including phenoxy) is 3. The average molecular weight is 450 g/mol. The van der Waals surface area contributed by atoms with Crippen LogP contribution in [0.25, 0.3) is 11.3 Å². The maximum atomic E-state index is 12.1. The van der Waals surface area contributed by atoms with Crippen molar-refractivity contribution in [2.45, 2.75) is 26.3 Å². The van der Waals surface area contributed by atoms with Gasteiger partial charge >= 0.3 is 0 Å². The van der Waals surface area contributed by atoms with Crippen LogP contribution in [-0.2, 0) is 6.54 Å². The molecule has 1 fully saturated rings. The molecule has 1 aliphatic heterocycles. The van der Waals surface area contributed by atoms with E-state index in [1.54, 1.807) is 21.3 Å². The minimum Gasteiger partial charge on any atom is -0.493 e. The van der Waals surface area contributed by atoms with Crippen molar-refractivity contribution in [1.29, 1.82) is 0 Å². The van der Waals surface area contributed by atoms with Gasteiger partial charge in [0.15, 0.2) is 11.5 Å². The molecule has 1 amide bonds. The summed E-state index contributed by atoms with van der Waals surface area (Å²) in [5.74, 6) is 1.28. The number of aromatic nitrogens is 1. The molecule has 0 radical (unpaired) electrons. The monoisotopic (exact) mass is 449 g/mol. The molecular weight excluding hydrogens is 418 g/mol. The number of hydrogen-bond acceptors (Lipinski definition) is 5. The van der Waals surface area contributed by atoms with E-state index in [1.807, 2.05) is 25.1 Å². The first-order chi connectivity index (χ1) is 16.0. The number of carbonyl (C=O) groups is 1. The molecule has 2 aromatic carbocycles. The van der Waals surface area contributed by atoms with Crippen molar-refractivity contribution in [3.63, 3.8) is 0 Å². The van der Waals surface area contributed by atoms with E-state index >= 15 is 0 Å². The Kier molecular flexibility index (Phi) is 6.49. The maximum absolute atomic E-state index is 12.1. The highest BCUT2D eigenvalue weighted by Crippen LogP contribution is 2.39. The minimum atomic E-state index is -0.439. The number of hydrogen-bond donors (Lipinski definition) is 1. The summed E-state index contributed by atoms with van der Waals surface area (Å²) in [6.45, 7) is 4.63. The topological polar surface area (TPSA) is 79.0 Å². The van der Waals surface area contributed by atoms with Gasteiger partial charge in [-0.05, 0) is 61.2 Å². The molecule has 1 saturated heterocycles. The molecule has 0 unspecified atom stereocenters. The zero-order valence-corrected chi connectivity index (χ0v) is 19.7. The molecule has 1 aromatic heterocycles. The fourth-order valence-corrected chi connectivity index (χ4v) is 4.57. The molecule has 33 heavy (non-hydrogen) atoms. The highest BCUT2D eigenvalue weighted by molar-refractivity contribution is 5.95. The molecule has 7 heteroatoms. The van der Waals surface area contributed by atoms with Crippen molar-refractivity contribution >= 4 is 11.6 Å². The molecule has 0 spiro atoms. The Hall–Kier alpha value is -3.61. The van der Waals surface area contributed by atoms with Gasteiger partial charge in [0, 0.05) is 36.7 Å². The summed E-state index contributed by atoms with van der Waals surface area (Å²) in [7, 11) is 4.78. The van der Waals surface area contributed by atoms with E-state index in [0.717, 1.165) is 35.6 Å². The third kappa shape index (κ3) is 4.35. The Morgan fingerprint density at radius 1 is 0.939 bits per heavy atom. The van der Waals surface area contributed by atoms with Gasteiger partial charge in [0.1, 0.15) is 0 Å². The van der Waals surface area contributed by atoms with Crippen LogP contribution in [0.3, 0.4) is 0 Å². The summed E-state index contributed by atoms with van der Waals surface area (Å²) in [6, 6.07) is 14.2. The van der Waals surface area contributed by atoms with Crippen LogP contribution in [0, 0.1) is 6.92 Å². The number of amides is 1. The number of methoxy groups -OCH3 is 3. The van der Waals surface area contributed by atoms with Gasteiger partial charge in [-0.3, -0.25) is 4.79 Å². The average Bonchev–Trinajstić information content (AvgIpc) is 3.47. The number of primary amides is 1. The van der Waals surface area contributed by atoms with Gasteiger partial charge in [-0.1, -0.05) is 12.1 Å². The standard InChI is InChI=1S/C26H31N3O4/c1-17-21(26(27)30)15-22(19-7-9-20(10-8-19)28-11-5-6-12-28)29(17)16-18-13-23(31-2)25(33-4)24(14-18)32-3/h7-10,13-15H,5-6,11-12,16H2,1-4H3,(H2,27,30). The molecule has 4 rings (SSSR count). The van der Waals surface area contributed by atoms with E-state index in [1.165, 1.54) is 18.5 Å². The van der Waals surface area contributed by atoms with Gasteiger partial charge in [-0.2, -0.15) is 0 Å². The zero-order chi connectivity index (χ0) is 23.5. The van der Waals surface area contributed by atoms with Crippen molar-refractivity contribution in [1.82, 2.24) is 4.57 Å². The molecule has 0 aliphatic carbocycles. The highest BCUT2D eigenvalue weighted by Gasteiger charge is 2.20.